The molecule has 128 valence electrons. The number of carbonyl (C=O) groups is 3. The Hall–Kier alpha value is -3.09. The van der Waals surface area contributed by atoms with Crippen LogP contribution in [-0.2, 0) is 11.2 Å². The molecule has 1 heterocycles. The molecule has 0 spiro atoms. The number of amides is 3. The number of halogens is 2. The molecule has 5 nitrogen and oxygen atoms in total. The molecule has 0 saturated heterocycles. The summed E-state index contributed by atoms with van der Waals surface area (Å²) >= 11 is 0. The lowest BCUT2D eigenvalue weighted by atomic mass is 10.1. The van der Waals surface area contributed by atoms with E-state index >= 15 is 0 Å². The number of nitrogens with zero attached hydrogens (tertiary/aromatic N) is 1. The highest BCUT2D eigenvalue weighted by atomic mass is 19.1. The molecule has 2 aromatic carbocycles. The van der Waals surface area contributed by atoms with Crippen LogP contribution >= 0.6 is 0 Å². The van der Waals surface area contributed by atoms with Gasteiger partial charge in [0.25, 0.3) is 11.8 Å². The van der Waals surface area contributed by atoms with E-state index < -0.39 is 35.9 Å². The first-order valence-electron chi connectivity index (χ1n) is 7.63. The number of rotatable bonds is 5. The van der Waals surface area contributed by atoms with Crippen molar-refractivity contribution in [3.63, 3.8) is 0 Å². The quantitative estimate of drug-likeness (QED) is 0.843. The maximum atomic E-state index is 13.5. The molecule has 1 N–H and O–H groups in total. The summed E-state index contributed by atoms with van der Waals surface area (Å²) in [5, 5.41) is 2.52. The van der Waals surface area contributed by atoms with Crippen LogP contribution in [0.25, 0.3) is 0 Å². The van der Waals surface area contributed by atoms with Crippen molar-refractivity contribution in [1.29, 1.82) is 0 Å². The van der Waals surface area contributed by atoms with Gasteiger partial charge in [0.2, 0.25) is 5.91 Å². The van der Waals surface area contributed by atoms with E-state index in [0.29, 0.717) is 0 Å². The molecule has 2 aromatic rings. The molecule has 1 aliphatic heterocycles. The Bertz CT molecular complexity index is 832. The van der Waals surface area contributed by atoms with Gasteiger partial charge in [0, 0.05) is 12.6 Å². The summed E-state index contributed by atoms with van der Waals surface area (Å²) in [5.74, 6) is -2.91. The van der Waals surface area contributed by atoms with Crippen molar-refractivity contribution in [1.82, 2.24) is 10.2 Å². The number of imide groups is 1. The van der Waals surface area contributed by atoms with Crippen LogP contribution in [0.2, 0.25) is 0 Å². The minimum Gasteiger partial charge on any atom is -0.354 e. The lowest BCUT2D eigenvalue weighted by molar-refractivity contribution is -0.121. The maximum Gasteiger partial charge on any atom is 0.262 e. The van der Waals surface area contributed by atoms with E-state index in [1.165, 1.54) is 18.2 Å². The second-order valence-electron chi connectivity index (χ2n) is 5.58. The van der Waals surface area contributed by atoms with Gasteiger partial charge in [-0.15, -0.1) is 0 Å². The molecule has 0 radical (unpaired) electrons. The number of hydrogen-bond acceptors (Lipinski definition) is 3. The fourth-order valence-electron chi connectivity index (χ4n) is 2.64. The van der Waals surface area contributed by atoms with Crippen LogP contribution in [0.3, 0.4) is 0 Å². The topological polar surface area (TPSA) is 66.5 Å². The van der Waals surface area contributed by atoms with E-state index in [1.807, 2.05) is 0 Å². The van der Waals surface area contributed by atoms with Gasteiger partial charge in [-0.3, -0.25) is 19.3 Å². The summed E-state index contributed by atoms with van der Waals surface area (Å²) in [6.45, 7) is -0.303. The second-order valence-corrected chi connectivity index (χ2v) is 5.58. The number of nitrogens with one attached hydrogen (secondary N) is 1. The lowest BCUT2D eigenvalue weighted by Gasteiger charge is -2.13. The Morgan fingerprint density at radius 3 is 2.24 bits per heavy atom. The molecule has 3 rings (SSSR count). The normalized spacial score (nSPS) is 13.1. The zero-order valence-electron chi connectivity index (χ0n) is 13.1. The summed E-state index contributed by atoms with van der Waals surface area (Å²) in [6, 6.07) is 9.57. The Kier molecular flexibility index (Phi) is 4.56. The number of carbonyl (C=O) groups excluding carboxylic acids is 3. The van der Waals surface area contributed by atoms with Gasteiger partial charge in [-0.2, -0.15) is 0 Å². The van der Waals surface area contributed by atoms with Crippen molar-refractivity contribution >= 4 is 17.7 Å². The van der Waals surface area contributed by atoms with E-state index in [1.54, 1.807) is 12.1 Å². The molecule has 0 aliphatic carbocycles. The summed E-state index contributed by atoms with van der Waals surface area (Å²) < 4.78 is 26.3. The Morgan fingerprint density at radius 2 is 1.64 bits per heavy atom. The van der Waals surface area contributed by atoms with Crippen molar-refractivity contribution in [3.05, 3.63) is 70.8 Å². The molecular formula is C18H14F2N2O3. The third-order valence-electron chi connectivity index (χ3n) is 3.91. The van der Waals surface area contributed by atoms with E-state index in [2.05, 4.69) is 5.32 Å². The second kappa shape index (κ2) is 6.80. The van der Waals surface area contributed by atoms with Crippen LogP contribution in [0.15, 0.2) is 42.5 Å². The van der Waals surface area contributed by atoms with E-state index in [-0.39, 0.29) is 29.7 Å². The Labute approximate surface area is 142 Å². The molecular weight excluding hydrogens is 330 g/mol. The van der Waals surface area contributed by atoms with Crippen molar-refractivity contribution < 1.29 is 23.2 Å². The van der Waals surface area contributed by atoms with Crippen molar-refractivity contribution in [3.8, 4) is 0 Å². The van der Waals surface area contributed by atoms with Crippen LogP contribution in [0.1, 0.15) is 26.3 Å². The fraction of sp³-hybridized carbons (Fsp3) is 0.167. The Morgan fingerprint density at radius 1 is 1.00 bits per heavy atom. The molecule has 0 atom stereocenters. The van der Waals surface area contributed by atoms with E-state index in [4.69, 9.17) is 0 Å². The van der Waals surface area contributed by atoms with E-state index in [0.717, 1.165) is 17.0 Å². The highest BCUT2D eigenvalue weighted by molar-refractivity contribution is 6.22. The number of hydrogen-bond donors (Lipinski definition) is 1. The highest BCUT2D eigenvalue weighted by Gasteiger charge is 2.36. The molecule has 0 unspecified atom stereocenters. The van der Waals surface area contributed by atoms with Crippen LogP contribution in [0, 0.1) is 11.6 Å². The van der Waals surface area contributed by atoms with Crippen LogP contribution in [-0.4, -0.2) is 35.7 Å². The highest BCUT2D eigenvalue weighted by Crippen LogP contribution is 2.21. The zero-order valence-corrected chi connectivity index (χ0v) is 13.1. The lowest BCUT2D eigenvalue weighted by Crippen LogP contribution is -2.40. The van der Waals surface area contributed by atoms with Crippen molar-refractivity contribution in [2.75, 3.05) is 13.1 Å². The van der Waals surface area contributed by atoms with Gasteiger partial charge < -0.3 is 5.32 Å². The van der Waals surface area contributed by atoms with Gasteiger partial charge in [-0.1, -0.05) is 18.2 Å². The first-order valence-corrected chi connectivity index (χ1v) is 7.63. The summed E-state index contributed by atoms with van der Waals surface area (Å²) in [6.07, 6.45) is 0.167. The summed E-state index contributed by atoms with van der Waals surface area (Å²) in [4.78, 5) is 37.1. The third-order valence-corrected chi connectivity index (χ3v) is 3.91. The summed E-state index contributed by atoms with van der Waals surface area (Å²) in [5.41, 5.74) is 0.810. The largest absolute Gasteiger partial charge is 0.354 e. The third kappa shape index (κ3) is 3.40. The standard InChI is InChI=1S/C18H14F2N2O3/c19-12-6-5-11(15(20)9-12)7-8-21-16(23)10-22-17(24)13-3-1-2-4-14(13)18(22)25/h1-6,9H,7-8,10H2,(H,21,23). The summed E-state index contributed by atoms with van der Waals surface area (Å²) in [7, 11) is 0. The van der Waals surface area contributed by atoms with Crippen LogP contribution in [0.5, 0.6) is 0 Å². The van der Waals surface area contributed by atoms with Crippen molar-refractivity contribution in [2.24, 2.45) is 0 Å². The minimum atomic E-state index is -0.686. The molecule has 3 amide bonds. The predicted molar refractivity (Wildman–Crippen MR) is 84.9 cm³/mol. The van der Waals surface area contributed by atoms with E-state index in [9.17, 15) is 23.2 Å². The number of fused-ring (bicyclic) bond motifs is 1. The first kappa shape index (κ1) is 16.8. The molecule has 0 bridgehead atoms. The van der Waals surface area contributed by atoms with Gasteiger partial charge in [-0.05, 0) is 30.2 Å². The molecule has 1 aliphatic rings. The number of benzene rings is 2. The predicted octanol–water partition coefficient (Wildman–Crippen LogP) is 1.92. The minimum absolute atomic E-state index is 0.102. The van der Waals surface area contributed by atoms with Gasteiger partial charge in [0.15, 0.2) is 0 Å². The van der Waals surface area contributed by atoms with Gasteiger partial charge in [0.1, 0.15) is 18.2 Å². The van der Waals surface area contributed by atoms with Gasteiger partial charge >= 0.3 is 0 Å². The van der Waals surface area contributed by atoms with Gasteiger partial charge in [0.05, 0.1) is 11.1 Å². The average Bonchev–Trinajstić information content (AvgIpc) is 2.82. The first-order chi connectivity index (χ1) is 12.0. The molecule has 25 heavy (non-hydrogen) atoms. The molecule has 7 heteroatoms. The smallest absolute Gasteiger partial charge is 0.262 e. The van der Waals surface area contributed by atoms with Crippen LogP contribution < -0.4 is 5.32 Å². The molecule has 0 fully saturated rings. The molecule has 0 aromatic heterocycles. The zero-order chi connectivity index (χ0) is 18.0. The molecule has 0 saturated carbocycles. The van der Waals surface area contributed by atoms with Gasteiger partial charge in [-0.25, -0.2) is 8.78 Å². The van der Waals surface area contributed by atoms with Crippen LogP contribution in [0.4, 0.5) is 8.78 Å². The maximum absolute atomic E-state index is 13.5. The Balaban J connectivity index is 1.55. The fourth-order valence-corrected chi connectivity index (χ4v) is 2.64. The average molecular weight is 344 g/mol. The SMILES string of the molecule is O=C(CN1C(=O)c2ccccc2C1=O)NCCc1ccc(F)cc1F. The monoisotopic (exact) mass is 344 g/mol. The van der Waals surface area contributed by atoms with Crippen molar-refractivity contribution in [2.45, 2.75) is 6.42 Å².